The number of amides is 1. The van der Waals surface area contributed by atoms with Crippen LogP contribution in [0.2, 0.25) is 0 Å². The van der Waals surface area contributed by atoms with Crippen LogP contribution in [0.5, 0.6) is 0 Å². The van der Waals surface area contributed by atoms with Crippen molar-refractivity contribution in [3.05, 3.63) is 108 Å². The number of rotatable bonds is 9. The fraction of sp³-hybridized carbons (Fsp3) is 0.289. The third-order valence-electron chi connectivity index (χ3n) is 10.0. The third-order valence-corrected chi connectivity index (χ3v) is 11.7. The van der Waals surface area contributed by atoms with E-state index in [0.29, 0.717) is 35.3 Å². The van der Waals surface area contributed by atoms with E-state index in [1.807, 2.05) is 41.8 Å². The Balaban J connectivity index is 1.10. The van der Waals surface area contributed by atoms with Crippen molar-refractivity contribution in [3.8, 4) is 11.1 Å². The van der Waals surface area contributed by atoms with Gasteiger partial charge in [-0.3, -0.25) is 0 Å². The quantitative estimate of drug-likeness (QED) is 0.179. The smallest absolute Gasteiger partial charge is 0.407 e. The largest absolute Gasteiger partial charge is 0.449 e. The number of aromatic nitrogens is 4. The van der Waals surface area contributed by atoms with Gasteiger partial charge < -0.3 is 24.5 Å². The summed E-state index contributed by atoms with van der Waals surface area (Å²) in [6, 6.07) is 25.6. The number of imidazole rings is 1. The number of sulfone groups is 1. The Kier molecular flexibility index (Phi) is 8.36. The van der Waals surface area contributed by atoms with Gasteiger partial charge in [0.1, 0.15) is 29.8 Å². The third kappa shape index (κ3) is 5.52. The van der Waals surface area contributed by atoms with Gasteiger partial charge in [0.25, 0.3) is 0 Å². The molecule has 0 saturated carbocycles. The highest BCUT2D eigenvalue weighted by atomic mass is 32.2. The molecule has 50 heavy (non-hydrogen) atoms. The molecule has 1 aliphatic heterocycles. The van der Waals surface area contributed by atoms with Gasteiger partial charge in [0, 0.05) is 43.6 Å². The van der Waals surface area contributed by atoms with Gasteiger partial charge in [0.15, 0.2) is 5.03 Å². The second-order valence-corrected chi connectivity index (χ2v) is 14.7. The van der Waals surface area contributed by atoms with Crippen molar-refractivity contribution in [2.75, 3.05) is 32.8 Å². The number of pyridine rings is 1. The lowest BCUT2D eigenvalue weighted by Gasteiger charge is -2.35. The first-order chi connectivity index (χ1) is 24.3. The lowest BCUT2D eigenvalue weighted by Crippen LogP contribution is -2.43. The van der Waals surface area contributed by atoms with Crippen molar-refractivity contribution in [1.82, 2.24) is 29.7 Å². The SMILES string of the molecule is CCN1CC[C@@H](n2c(CCNC(=O)OCC3c4ccccc4-c4ccccc43)nc3c(S(=O)(=O)c4ccccc4)nc4[nH]ccc4c32)[C@@H](F)C1. The molecule has 3 aromatic carbocycles. The second-order valence-electron chi connectivity index (χ2n) is 12.8. The maximum absolute atomic E-state index is 16.1. The number of piperidine rings is 1. The molecule has 2 atom stereocenters. The summed E-state index contributed by atoms with van der Waals surface area (Å²) in [6.07, 6.45) is 0.638. The maximum atomic E-state index is 16.1. The van der Waals surface area contributed by atoms with E-state index in [4.69, 9.17) is 9.72 Å². The number of aromatic amines is 1. The highest BCUT2D eigenvalue weighted by Gasteiger charge is 2.36. The zero-order chi connectivity index (χ0) is 34.4. The summed E-state index contributed by atoms with van der Waals surface area (Å²) in [7, 11) is -4.09. The zero-order valence-electron chi connectivity index (χ0n) is 27.6. The van der Waals surface area contributed by atoms with Crippen molar-refractivity contribution in [2.24, 2.45) is 0 Å². The van der Waals surface area contributed by atoms with Crippen molar-refractivity contribution in [1.29, 1.82) is 0 Å². The van der Waals surface area contributed by atoms with Crippen molar-refractivity contribution in [2.45, 2.75) is 47.8 Å². The molecule has 2 N–H and O–H groups in total. The van der Waals surface area contributed by atoms with Crippen LogP contribution in [0.25, 0.3) is 33.2 Å². The number of alkyl carbamates (subject to hydrolysis) is 1. The number of alkyl halides is 1. The van der Waals surface area contributed by atoms with Crippen LogP contribution >= 0.6 is 0 Å². The van der Waals surface area contributed by atoms with Gasteiger partial charge >= 0.3 is 6.09 Å². The number of nitrogens with one attached hydrogen (secondary N) is 2. The number of ether oxygens (including phenoxy) is 1. The van der Waals surface area contributed by atoms with E-state index in [1.165, 1.54) is 12.1 Å². The van der Waals surface area contributed by atoms with Gasteiger partial charge in [-0.25, -0.2) is 27.6 Å². The van der Waals surface area contributed by atoms with Gasteiger partial charge in [-0.1, -0.05) is 73.7 Å². The molecule has 1 saturated heterocycles. The van der Waals surface area contributed by atoms with Crippen LogP contribution in [0.3, 0.4) is 0 Å². The zero-order valence-corrected chi connectivity index (χ0v) is 28.4. The Morgan fingerprint density at radius 3 is 2.38 bits per heavy atom. The van der Waals surface area contributed by atoms with Crippen LogP contribution in [-0.4, -0.2) is 77.9 Å². The Hall–Kier alpha value is -5.07. The Morgan fingerprint density at radius 1 is 0.980 bits per heavy atom. The minimum absolute atomic E-state index is 0.0749. The van der Waals surface area contributed by atoms with Crippen LogP contribution in [0.1, 0.15) is 42.3 Å². The van der Waals surface area contributed by atoms with Crippen LogP contribution in [0.4, 0.5) is 9.18 Å². The van der Waals surface area contributed by atoms with Gasteiger partial charge in [-0.05, 0) is 53.4 Å². The van der Waals surface area contributed by atoms with E-state index in [-0.39, 0.29) is 47.5 Å². The topological polar surface area (TPSA) is 122 Å². The van der Waals surface area contributed by atoms with Crippen LogP contribution in [-0.2, 0) is 21.0 Å². The number of benzene rings is 3. The predicted octanol–water partition coefficient (Wildman–Crippen LogP) is 6.43. The van der Waals surface area contributed by atoms with E-state index in [2.05, 4.69) is 44.5 Å². The summed E-state index contributed by atoms with van der Waals surface area (Å²) in [6.45, 7) is 4.02. The molecule has 256 valence electrons. The fourth-order valence-corrected chi connectivity index (χ4v) is 8.92. The number of carbonyl (C=O) groups excluding carboxylic acids is 1. The predicted molar refractivity (Wildman–Crippen MR) is 189 cm³/mol. The summed E-state index contributed by atoms with van der Waals surface area (Å²) in [5, 5.41) is 3.31. The number of halogens is 1. The number of hydrogen-bond acceptors (Lipinski definition) is 7. The standard InChI is InChI=1S/C38H37FN6O4S/c1-2-44-21-18-32(31(39)22-44)45-33(17-20-41-38(46)49-23-30-27-14-8-6-12-25(27)26-13-7-9-15-28(26)30)42-34-35(45)29-16-19-40-36(29)43-37(34)50(47,48)24-10-4-3-5-11-24/h3-16,19,30-32H,2,17-18,20-23H2,1H3,(H,40,43)(H,41,46)/t31-,32+/m0/s1. The molecule has 8 rings (SSSR count). The molecule has 6 aromatic rings. The molecule has 1 aliphatic carbocycles. The van der Waals surface area contributed by atoms with E-state index in [9.17, 15) is 13.2 Å². The lowest BCUT2D eigenvalue weighted by molar-refractivity contribution is 0.0938. The van der Waals surface area contributed by atoms with Crippen molar-refractivity contribution >= 4 is 38.0 Å². The molecule has 10 nitrogen and oxygen atoms in total. The molecule has 4 heterocycles. The number of carbonyl (C=O) groups is 1. The molecule has 1 amide bonds. The summed E-state index contributed by atoms with van der Waals surface area (Å²) in [5.41, 5.74) is 5.60. The number of nitrogens with zero attached hydrogens (tertiary/aromatic N) is 4. The molecule has 0 bridgehead atoms. The van der Waals surface area contributed by atoms with Gasteiger partial charge in [0.05, 0.1) is 16.5 Å². The van der Waals surface area contributed by atoms with E-state index >= 15 is 4.39 Å². The first-order valence-electron chi connectivity index (χ1n) is 17.0. The van der Waals surface area contributed by atoms with Crippen LogP contribution in [0, 0.1) is 0 Å². The van der Waals surface area contributed by atoms with Gasteiger partial charge in [0.2, 0.25) is 9.84 Å². The van der Waals surface area contributed by atoms with Gasteiger partial charge in [-0.15, -0.1) is 0 Å². The summed E-state index contributed by atoms with van der Waals surface area (Å²) in [5.74, 6) is 0.394. The molecular weight excluding hydrogens is 656 g/mol. The van der Waals surface area contributed by atoms with Crippen molar-refractivity contribution < 1.29 is 22.3 Å². The molecule has 0 radical (unpaired) electrons. The number of hydrogen-bond donors (Lipinski definition) is 2. The molecule has 0 spiro atoms. The highest BCUT2D eigenvalue weighted by Crippen LogP contribution is 2.44. The molecular formula is C38H37FN6O4S. The lowest BCUT2D eigenvalue weighted by atomic mass is 9.98. The van der Waals surface area contributed by atoms with Crippen LogP contribution < -0.4 is 5.32 Å². The minimum Gasteiger partial charge on any atom is -0.449 e. The average molecular weight is 693 g/mol. The van der Waals surface area contributed by atoms with E-state index < -0.39 is 28.1 Å². The number of H-pyrrole nitrogens is 1. The molecule has 0 unspecified atom stereocenters. The summed E-state index contributed by atoms with van der Waals surface area (Å²) in [4.78, 5) is 27.7. The first kappa shape index (κ1) is 32.2. The molecule has 1 fully saturated rings. The maximum Gasteiger partial charge on any atom is 0.407 e. The molecule has 12 heteroatoms. The summed E-state index contributed by atoms with van der Waals surface area (Å²) >= 11 is 0. The summed E-state index contributed by atoms with van der Waals surface area (Å²) < 4.78 is 51.7. The van der Waals surface area contributed by atoms with E-state index in [0.717, 1.165) is 28.8 Å². The number of likely N-dealkylation sites (tertiary alicyclic amines) is 1. The van der Waals surface area contributed by atoms with E-state index in [1.54, 1.807) is 24.4 Å². The normalized spacial score (nSPS) is 18.0. The second kappa shape index (κ2) is 13.0. The fourth-order valence-electron chi connectivity index (χ4n) is 7.58. The molecule has 2 aliphatic rings. The average Bonchev–Trinajstić information content (AvgIpc) is 3.85. The Bertz CT molecular complexity index is 2280. The first-order valence-corrected chi connectivity index (χ1v) is 18.5. The minimum atomic E-state index is -4.09. The number of fused-ring (bicyclic) bond motifs is 6. The van der Waals surface area contributed by atoms with Crippen molar-refractivity contribution in [3.63, 3.8) is 0 Å². The Morgan fingerprint density at radius 2 is 1.68 bits per heavy atom. The highest BCUT2D eigenvalue weighted by molar-refractivity contribution is 7.91. The van der Waals surface area contributed by atoms with Crippen LogP contribution in [0.15, 0.2) is 101 Å². The van der Waals surface area contributed by atoms with Gasteiger partial charge in [-0.2, -0.15) is 0 Å². The Labute approximate surface area is 289 Å². The monoisotopic (exact) mass is 692 g/mol. The molecule has 3 aromatic heterocycles.